The Morgan fingerprint density at radius 3 is 2.89 bits per heavy atom. The summed E-state index contributed by atoms with van der Waals surface area (Å²) in [6, 6.07) is 8.26. The minimum absolute atomic E-state index is 0.456. The normalized spacial score (nSPS) is 17.3. The van der Waals surface area contributed by atoms with Crippen LogP contribution in [0.15, 0.2) is 29.4 Å². The zero-order valence-corrected chi connectivity index (χ0v) is 11.3. The SMILES string of the molecule is COc1cccc(CC(C)/C=N/N2CCCC2)c1. The summed E-state index contributed by atoms with van der Waals surface area (Å²) in [4.78, 5) is 0. The van der Waals surface area contributed by atoms with Crippen LogP contribution in [0.2, 0.25) is 0 Å². The monoisotopic (exact) mass is 246 g/mol. The zero-order chi connectivity index (χ0) is 12.8. The molecule has 0 aromatic heterocycles. The van der Waals surface area contributed by atoms with Gasteiger partial charge in [-0.2, -0.15) is 5.10 Å². The van der Waals surface area contributed by atoms with Crippen LogP contribution in [0.3, 0.4) is 0 Å². The van der Waals surface area contributed by atoms with Crippen molar-refractivity contribution in [3.8, 4) is 5.75 Å². The minimum Gasteiger partial charge on any atom is -0.497 e. The van der Waals surface area contributed by atoms with E-state index in [1.807, 2.05) is 12.1 Å². The highest BCUT2D eigenvalue weighted by Gasteiger charge is 2.08. The molecule has 0 spiro atoms. The molecule has 1 fully saturated rings. The van der Waals surface area contributed by atoms with E-state index in [-0.39, 0.29) is 0 Å². The number of hydrogen-bond donors (Lipinski definition) is 0. The van der Waals surface area contributed by atoms with Gasteiger partial charge in [0.1, 0.15) is 5.75 Å². The molecule has 0 N–H and O–H groups in total. The van der Waals surface area contributed by atoms with E-state index in [2.05, 4.69) is 35.4 Å². The van der Waals surface area contributed by atoms with Crippen molar-refractivity contribution in [2.75, 3.05) is 20.2 Å². The predicted molar refractivity (Wildman–Crippen MR) is 75.2 cm³/mol. The standard InChI is InChI=1S/C15H22N2O/c1-13(12-16-17-8-3-4-9-17)10-14-6-5-7-15(11-14)18-2/h5-7,11-13H,3-4,8-10H2,1-2H3/b16-12+. The van der Waals surface area contributed by atoms with Crippen LogP contribution in [0.5, 0.6) is 5.75 Å². The molecule has 1 aliphatic rings. The summed E-state index contributed by atoms with van der Waals surface area (Å²) in [6.45, 7) is 4.43. The van der Waals surface area contributed by atoms with E-state index >= 15 is 0 Å². The Morgan fingerprint density at radius 1 is 1.39 bits per heavy atom. The van der Waals surface area contributed by atoms with Crippen LogP contribution >= 0.6 is 0 Å². The highest BCUT2D eigenvalue weighted by Crippen LogP contribution is 2.15. The summed E-state index contributed by atoms with van der Waals surface area (Å²) in [5.74, 6) is 1.38. The lowest BCUT2D eigenvalue weighted by Crippen LogP contribution is -2.13. The molecule has 0 bridgehead atoms. The van der Waals surface area contributed by atoms with E-state index in [1.165, 1.54) is 18.4 Å². The molecule has 0 amide bonds. The Labute approximate surface area is 109 Å². The fourth-order valence-electron chi connectivity index (χ4n) is 2.25. The number of ether oxygens (including phenoxy) is 1. The first-order valence-electron chi connectivity index (χ1n) is 6.70. The van der Waals surface area contributed by atoms with E-state index in [0.717, 1.165) is 25.3 Å². The van der Waals surface area contributed by atoms with Crippen molar-refractivity contribution in [1.82, 2.24) is 5.01 Å². The van der Waals surface area contributed by atoms with Crippen LogP contribution in [0, 0.1) is 5.92 Å². The van der Waals surface area contributed by atoms with E-state index in [1.54, 1.807) is 7.11 Å². The van der Waals surface area contributed by atoms with Gasteiger partial charge in [-0.3, -0.25) is 5.01 Å². The molecule has 0 radical (unpaired) electrons. The smallest absolute Gasteiger partial charge is 0.119 e. The Kier molecular flexibility index (Phi) is 4.62. The van der Waals surface area contributed by atoms with E-state index < -0.39 is 0 Å². The van der Waals surface area contributed by atoms with Crippen LogP contribution in [0.1, 0.15) is 25.3 Å². The molecule has 1 heterocycles. The summed E-state index contributed by atoms with van der Waals surface area (Å²) < 4.78 is 5.24. The summed E-state index contributed by atoms with van der Waals surface area (Å²) in [7, 11) is 1.71. The number of hydrogen-bond acceptors (Lipinski definition) is 3. The molecule has 3 nitrogen and oxygen atoms in total. The van der Waals surface area contributed by atoms with Crippen molar-refractivity contribution < 1.29 is 4.74 Å². The summed E-state index contributed by atoms with van der Waals surface area (Å²) >= 11 is 0. The van der Waals surface area contributed by atoms with Gasteiger partial charge in [0.05, 0.1) is 7.11 Å². The van der Waals surface area contributed by atoms with Crippen molar-refractivity contribution in [2.24, 2.45) is 11.0 Å². The third kappa shape index (κ3) is 3.76. The number of methoxy groups -OCH3 is 1. The molecule has 98 valence electrons. The maximum absolute atomic E-state index is 5.24. The molecule has 2 rings (SSSR count). The zero-order valence-electron chi connectivity index (χ0n) is 11.3. The van der Waals surface area contributed by atoms with Crippen LogP contribution in [0.25, 0.3) is 0 Å². The van der Waals surface area contributed by atoms with Crippen molar-refractivity contribution in [1.29, 1.82) is 0 Å². The van der Waals surface area contributed by atoms with Gasteiger partial charge < -0.3 is 4.74 Å². The van der Waals surface area contributed by atoms with Gasteiger partial charge in [0.25, 0.3) is 0 Å². The van der Waals surface area contributed by atoms with Crippen LogP contribution in [0.4, 0.5) is 0 Å². The van der Waals surface area contributed by atoms with Crippen molar-refractivity contribution in [3.05, 3.63) is 29.8 Å². The topological polar surface area (TPSA) is 24.8 Å². The molecular formula is C15H22N2O. The molecule has 0 saturated carbocycles. The second kappa shape index (κ2) is 6.43. The number of hydrazone groups is 1. The Morgan fingerprint density at radius 2 is 2.17 bits per heavy atom. The number of benzene rings is 1. The first kappa shape index (κ1) is 12.9. The summed E-state index contributed by atoms with van der Waals surface area (Å²) in [5, 5.41) is 6.71. The molecular weight excluding hydrogens is 224 g/mol. The third-order valence-corrected chi connectivity index (χ3v) is 3.26. The maximum atomic E-state index is 5.24. The molecule has 1 aromatic carbocycles. The predicted octanol–water partition coefficient (Wildman–Crippen LogP) is 2.96. The highest BCUT2D eigenvalue weighted by molar-refractivity contribution is 5.60. The second-order valence-electron chi connectivity index (χ2n) is 4.96. The summed E-state index contributed by atoms with van der Waals surface area (Å²) in [5.41, 5.74) is 1.30. The molecule has 3 heteroatoms. The largest absolute Gasteiger partial charge is 0.497 e. The maximum Gasteiger partial charge on any atom is 0.119 e. The first-order chi connectivity index (χ1) is 8.78. The third-order valence-electron chi connectivity index (χ3n) is 3.26. The average Bonchev–Trinajstić information content (AvgIpc) is 2.90. The minimum atomic E-state index is 0.456. The van der Waals surface area contributed by atoms with Gasteiger partial charge in [-0.05, 0) is 42.9 Å². The first-order valence-corrected chi connectivity index (χ1v) is 6.70. The van der Waals surface area contributed by atoms with Gasteiger partial charge in [0.2, 0.25) is 0 Å². The van der Waals surface area contributed by atoms with Crippen molar-refractivity contribution in [3.63, 3.8) is 0 Å². The second-order valence-corrected chi connectivity index (χ2v) is 4.96. The molecule has 1 aromatic rings. The highest BCUT2D eigenvalue weighted by atomic mass is 16.5. The van der Waals surface area contributed by atoms with Crippen molar-refractivity contribution >= 4 is 6.21 Å². The molecule has 18 heavy (non-hydrogen) atoms. The van der Waals surface area contributed by atoms with Crippen LogP contribution in [-0.4, -0.2) is 31.4 Å². The molecule has 1 saturated heterocycles. The summed E-state index contributed by atoms with van der Waals surface area (Å²) in [6.07, 6.45) is 5.64. The average molecular weight is 246 g/mol. The fraction of sp³-hybridized carbons (Fsp3) is 0.533. The lowest BCUT2D eigenvalue weighted by Gasteiger charge is -2.12. The molecule has 1 atom stereocenters. The molecule has 1 aliphatic heterocycles. The fourth-order valence-corrected chi connectivity index (χ4v) is 2.25. The van der Waals surface area contributed by atoms with Gasteiger partial charge in [0.15, 0.2) is 0 Å². The quantitative estimate of drug-likeness (QED) is 0.746. The molecule has 0 aliphatic carbocycles. The van der Waals surface area contributed by atoms with E-state index in [9.17, 15) is 0 Å². The Balaban J connectivity index is 1.87. The van der Waals surface area contributed by atoms with Crippen molar-refractivity contribution in [2.45, 2.75) is 26.2 Å². The number of nitrogens with zero attached hydrogens (tertiary/aromatic N) is 2. The lowest BCUT2D eigenvalue weighted by molar-refractivity contribution is 0.359. The van der Waals surface area contributed by atoms with Gasteiger partial charge in [-0.15, -0.1) is 0 Å². The van der Waals surface area contributed by atoms with E-state index in [0.29, 0.717) is 5.92 Å². The molecule has 1 unspecified atom stereocenters. The number of rotatable bonds is 5. The van der Waals surface area contributed by atoms with Crippen LogP contribution in [-0.2, 0) is 6.42 Å². The van der Waals surface area contributed by atoms with Gasteiger partial charge >= 0.3 is 0 Å². The van der Waals surface area contributed by atoms with Gasteiger partial charge in [-0.25, -0.2) is 0 Å². The van der Waals surface area contributed by atoms with Gasteiger partial charge in [0, 0.05) is 19.3 Å². The van der Waals surface area contributed by atoms with Gasteiger partial charge in [-0.1, -0.05) is 19.1 Å². The van der Waals surface area contributed by atoms with E-state index in [4.69, 9.17) is 4.74 Å². The Hall–Kier alpha value is -1.51. The van der Waals surface area contributed by atoms with Crippen LogP contribution < -0.4 is 4.74 Å². The lowest BCUT2D eigenvalue weighted by atomic mass is 10.0. The Bertz CT molecular complexity index is 397.